The molecule has 1 aliphatic carbocycles. The standard InChI is InChI=1S/C33H33NO.2ClH.Zr/c1-33(26-16-8-3-9-17-26,27-18-10-4-11-19-27)31-23-22-29(25-14-6-2-7-15-25)30(32(31)35)24-34-28-20-12-5-13-21-28;;;/h2-4,6-11,14-19,22-24,28,35H,5,12-13,20-21H2,1H3;2*1H;/q;;;+2/p-2. The number of nitrogens with zero attached hydrogens (tertiary/aromatic N) is 1. The molecule has 0 bridgehead atoms. The van der Waals surface area contributed by atoms with Crippen molar-refractivity contribution in [1.82, 2.24) is 0 Å². The molecule has 1 fully saturated rings. The molecule has 1 aliphatic rings. The van der Waals surface area contributed by atoms with Gasteiger partial charge >= 0.3 is 37.9 Å². The van der Waals surface area contributed by atoms with E-state index in [1.807, 2.05) is 36.5 Å². The Morgan fingerprint density at radius 1 is 0.763 bits per heavy atom. The molecule has 5 rings (SSSR count). The van der Waals surface area contributed by atoms with Crippen molar-refractivity contribution in [3.8, 4) is 16.9 Å². The third-order valence-electron chi connectivity index (χ3n) is 7.53. The van der Waals surface area contributed by atoms with Crippen LogP contribution >= 0.6 is 17.0 Å². The summed E-state index contributed by atoms with van der Waals surface area (Å²) in [5.74, 6) is 0.307. The Labute approximate surface area is 245 Å². The number of aliphatic imine (C=N–C) groups is 1. The second-order valence-electron chi connectivity index (χ2n) is 9.79. The average Bonchev–Trinajstić information content (AvgIpc) is 2.98. The van der Waals surface area contributed by atoms with E-state index in [2.05, 4.69) is 79.7 Å². The molecule has 0 amide bonds. The zero-order valence-corrected chi connectivity index (χ0v) is 25.6. The third-order valence-corrected chi connectivity index (χ3v) is 7.53. The zero-order chi connectivity index (χ0) is 26.8. The number of hydrogen-bond acceptors (Lipinski definition) is 2. The molecule has 0 spiro atoms. The van der Waals surface area contributed by atoms with Gasteiger partial charge in [0.05, 0.1) is 0 Å². The fraction of sp³-hybridized carbons (Fsp3) is 0.242. The van der Waals surface area contributed by atoms with E-state index in [-0.39, 0.29) is 0 Å². The van der Waals surface area contributed by atoms with Gasteiger partial charge in [-0.3, -0.25) is 4.99 Å². The molecule has 0 saturated heterocycles. The molecule has 0 heterocycles. The number of hydrogen-bond donors (Lipinski definition) is 1. The van der Waals surface area contributed by atoms with Crippen molar-refractivity contribution in [2.45, 2.75) is 50.5 Å². The van der Waals surface area contributed by atoms with Crippen LogP contribution in [0.1, 0.15) is 61.3 Å². The normalized spacial score (nSPS) is 14.1. The first-order valence-corrected chi connectivity index (χ1v) is 19.4. The molecule has 194 valence electrons. The molecule has 1 saturated carbocycles. The van der Waals surface area contributed by atoms with Crippen LogP contribution in [-0.2, 0) is 26.3 Å². The quantitative estimate of drug-likeness (QED) is 0.169. The van der Waals surface area contributed by atoms with Gasteiger partial charge in [-0.1, -0.05) is 122 Å². The van der Waals surface area contributed by atoms with Gasteiger partial charge in [-0.15, -0.1) is 0 Å². The summed E-state index contributed by atoms with van der Waals surface area (Å²) < 4.78 is 0. The first kappa shape index (κ1) is 28.8. The number of phenolic OH excluding ortho intramolecular Hbond substituents is 1. The minimum atomic E-state index is -0.826. The van der Waals surface area contributed by atoms with Crippen molar-refractivity contribution in [3.05, 3.63) is 125 Å². The van der Waals surface area contributed by atoms with Gasteiger partial charge in [-0.05, 0) is 42.0 Å². The summed E-state index contributed by atoms with van der Waals surface area (Å²) in [6, 6.07) is 35.8. The maximum atomic E-state index is 11.9. The Bertz CT molecular complexity index is 1270. The summed E-state index contributed by atoms with van der Waals surface area (Å²) >= 11 is -0.826. The summed E-state index contributed by atoms with van der Waals surface area (Å²) in [5, 5.41) is 11.9. The Morgan fingerprint density at radius 2 is 1.26 bits per heavy atom. The number of rotatable bonds is 6. The Balaban J connectivity index is 0.00000107. The molecule has 38 heavy (non-hydrogen) atoms. The molecule has 2 nitrogen and oxygen atoms in total. The number of halogens is 2. The summed E-state index contributed by atoms with van der Waals surface area (Å²) in [6.07, 6.45) is 7.97. The summed E-state index contributed by atoms with van der Waals surface area (Å²) in [5.41, 5.74) is 5.55. The predicted octanol–water partition coefficient (Wildman–Crippen LogP) is 9.54. The average molecular weight is 622 g/mol. The van der Waals surface area contributed by atoms with Crippen molar-refractivity contribution < 1.29 is 26.0 Å². The Kier molecular flexibility index (Phi) is 10.8. The minimum absolute atomic E-state index is 0.307. The van der Waals surface area contributed by atoms with Gasteiger partial charge in [0.25, 0.3) is 0 Å². The molecular weight excluding hydrogens is 588 g/mol. The predicted molar refractivity (Wildman–Crippen MR) is 158 cm³/mol. The third kappa shape index (κ3) is 6.68. The van der Waals surface area contributed by atoms with E-state index in [0.717, 1.165) is 46.2 Å². The summed E-state index contributed by atoms with van der Waals surface area (Å²) in [6.45, 7) is 2.21. The molecule has 0 unspecified atom stereocenters. The van der Waals surface area contributed by atoms with Crippen LogP contribution in [0.3, 0.4) is 0 Å². The molecule has 0 aromatic heterocycles. The van der Waals surface area contributed by atoms with Crippen LogP contribution in [0.5, 0.6) is 5.75 Å². The first-order chi connectivity index (χ1) is 18.6. The Morgan fingerprint density at radius 3 is 1.79 bits per heavy atom. The van der Waals surface area contributed by atoms with Gasteiger partial charge in [0.2, 0.25) is 0 Å². The maximum absolute atomic E-state index is 11.9. The monoisotopic (exact) mass is 619 g/mol. The van der Waals surface area contributed by atoms with Crippen LogP contribution in [0.2, 0.25) is 0 Å². The van der Waals surface area contributed by atoms with Crippen LogP contribution < -0.4 is 0 Å². The van der Waals surface area contributed by atoms with Crippen LogP contribution in [0.15, 0.2) is 108 Å². The molecule has 0 aliphatic heterocycles. The SMILES string of the molecule is CC(c1ccccc1)(c1ccccc1)c1ccc(-c2ccccc2)c(C=NC2CCCCC2)c1O.[Cl][Zr][Cl]. The van der Waals surface area contributed by atoms with Crippen LogP contribution in [0, 0.1) is 0 Å². The van der Waals surface area contributed by atoms with Crippen LogP contribution in [0.25, 0.3) is 11.1 Å². The van der Waals surface area contributed by atoms with E-state index < -0.39 is 26.3 Å². The van der Waals surface area contributed by atoms with E-state index in [1.54, 1.807) is 0 Å². The number of benzene rings is 4. The van der Waals surface area contributed by atoms with E-state index in [0.29, 0.717) is 11.8 Å². The van der Waals surface area contributed by atoms with Gasteiger partial charge in [-0.25, -0.2) is 0 Å². The van der Waals surface area contributed by atoms with Gasteiger partial charge in [0, 0.05) is 28.8 Å². The summed E-state index contributed by atoms with van der Waals surface area (Å²) in [7, 11) is 9.87. The zero-order valence-electron chi connectivity index (χ0n) is 21.7. The summed E-state index contributed by atoms with van der Waals surface area (Å²) in [4.78, 5) is 4.98. The number of phenols is 1. The van der Waals surface area contributed by atoms with Gasteiger partial charge < -0.3 is 5.11 Å². The molecule has 5 heteroatoms. The van der Waals surface area contributed by atoms with Crippen molar-refractivity contribution in [1.29, 1.82) is 0 Å². The topological polar surface area (TPSA) is 32.6 Å². The second kappa shape index (κ2) is 14.3. The van der Waals surface area contributed by atoms with Gasteiger partial charge in [0.15, 0.2) is 0 Å². The van der Waals surface area contributed by atoms with Crippen molar-refractivity contribution >= 4 is 23.2 Å². The molecule has 1 N–H and O–H groups in total. The van der Waals surface area contributed by atoms with E-state index in [4.69, 9.17) is 22.0 Å². The van der Waals surface area contributed by atoms with E-state index >= 15 is 0 Å². The molecular formula is C33H33Cl2NOZr. The van der Waals surface area contributed by atoms with Crippen molar-refractivity contribution in [2.24, 2.45) is 4.99 Å². The Hall–Kier alpha value is -2.19. The van der Waals surface area contributed by atoms with E-state index in [1.165, 1.54) is 19.3 Å². The molecule has 0 radical (unpaired) electrons. The second-order valence-corrected chi connectivity index (χ2v) is 13.5. The number of aromatic hydroxyl groups is 1. The molecule has 4 aromatic carbocycles. The fourth-order valence-electron chi connectivity index (χ4n) is 5.44. The van der Waals surface area contributed by atoms with Crippen LogP contribution in [0.4, 0.5) is 0 Å². The molecule has 4 aromatic rings. The first-order valence-electron chi connectivity index (χ1n) is 13.1. The van der Waals surface area contributed by atoms with Gasteiger partial charge in [0.1, 0.15) is 5.75 Å². The fourth-order valence-corrected chi connectivity index (χ4v) is 5.44. The van der Waals surface area contributed by atoms with Crippen molar-refractivity contribution in [2.75, 3.05) is 0 Å². The van der Waals surface area contributed by atoms with Crippen molar-refractivity contribution in [3.63, 3.8) is 0 Å². The van der Waals surface area contributed by atoms with E-state index in [9.17, 15) is 5.11 Å². The van der Waals surface area contributed by atoms with Crippen LogP contribution in [-0.4, -0.2) is 17.4 Å². The molecule has 0 atom stereocenters. The van der Waals surface area contributed by atoms with Gasteiger partial charge in [-0.2, -0.15) is 0 Å².